The Kier molecular flexibility index (Phi) is 4.88. The Balaban J connectivity index is 2.15. The third-order valence-corrected chi connectivity index (χ3v) is 5.46. The first-order chi connectivity index (χ1) is 9.96. The van der Waals surface area contributed by atoms with Gasteiger partial charge in [0.05, 0.1) is 17.6 Å². The second kappa shape index (κ2) is 6.31. The molecule has 1 aliphatic rings. The number of hydrogen-bond acceptors (Lipinski definition) is 5. The summed E-state index contributed by atoms with van der Waals surface area (Å²) in [7, 11) is -0.432. The summed E-state index contributed by atoms with van der Waals surface area (Å²) in [4.78, 5) is 0.189. The topological polar surface area (TPSA) is 90.7 Å². The van der Waals surface area contributed by atoms with Crippen LogP contribution in [0.1, 0.15) is 24.8 Å². The zero-order valence-corrected chi connectivity index (χ0v) is 13.2. The van der Waals surface area contributed by atoms with Gasteiger partial charge in [0.2, 0.25) is 10.0 Å². The van der Waals surface area contributed by atoms with Gasteiger partial charge in [-0.05, 0) is 37.5 Å². The van der Waals surface area contributed by atoms with Crippen LogP contribution in [0.25, 0.3) is 0 Å². The van der Waals surface area contributed by atoms with E-state index in [0.29, 0.717) is 11.3 Å². The standard InChI is InChI=1S/C14H22N2O4S/c1-19-13-5-4-12(8-11(13)9-15)21(17,18)16-10-14(20-2)6-3-7-14/h4-5,8,16H,3,6-7,9-10,15H2,1-2H3. The van der Waals surface area contributed by atoms with Crippen molar-refractivity contribution in [3.8, 4) is 5.75 Å². The molecule has 3 N–H and O–H groups in total. The van der Waals surface area contributed by atoms with Gasteiger partial charge in [0, 0.05) is 25.8 Å². The zero-order valence-electron chi connectivity index (χ0n) is 12.4. The van der Waals surface area contributed by atoms with Crippen LogP contribution in [0.4, 0.5) is 0 Å². The number of hydrogen-bond donors (Lipinski definition) is 2. The van der Waals surface area contributed by atoms with Gasteiger partial charge in [0.25, 0.3) is 0 Å². The molecule has 6 nitrogen and oxygen atoms in total. The second-order valence-corrected chi connectivity index (χ2v) is 7.01. The molecule has 0 bridgehead atoms. The Labute approximate surface area is 125 Å². The summed E-state index contributed by atoms with van der Waals surface area (Å²) in [5.41, 5.74) is 5.93. The molecule has 1 aromatic rings. The second-order valence-electron chi connectivity index (χ2n) is 5.24. The molecule has 1 aromatic carbocycles. The van der Waals surface area contributed by atoms with Gasteiger partial charge < -0.3 is 15.2 Å². The van der Waals surface area contributed by atoms with E-state index in [1.165, 1.54) is 13.2 Å². The molecule has 0 spiro atoms. The van der Waals surface area contributed by atoms with Gasteiger partial charge in [-0.1, -0.05) is 0 Å². The molecule has 0 amide bonds. The van der Waals surface area contributed by atoms with Crippen molar-refractivity contribution in [3.63, 3.8) is 0 Å². The van der Waals surface area contributed by atoms with Crippen LogP contribution >= 0.6 is 0 Å². The minimum atomic E-state index is -3.58. The van der Waals surface area contributed by atoms with Crippen molar-refractivity contribution in [2.75, 3.05) is 20.8 Å². The van der Waals surface area contributed by atoms with E-state index in [0.717, 1.165) is 19.3 Å². The van der Waals surface area contributed by atoms with E-state index in [-0.39, 0.29) is 23.6 Å². The summed E-state index contributed by atoms with van der Waals surface area (Å²) in [6.45, 7) is 0.504. The molecule has 1 saturated carbocycles. The molecule has 118 valence electrons. The monoisotopic (exact) mass is 314 g/mol. The summed E-state index contributed by atoms with van der Waals surface area (Å²) in [5.74, 6) is 0.587. The van der Waals surface area contributed by atoms with Crippen LogP contribution in [0.3, 0.4) is 0 Å². The number of methoxy groups -OCH3 is 2. The van der Waals surface area contributed by atoms with Crippen molar-refractivity contribution in [1.29, 1.82) is 0 Å². The lowest BCUT2D eigenvalue weighted by molar-refractivity contribution is -0.0659. The molecule has 1 aliphatic carbocycles. The van der Waals surface area contributed by atoms with E-state index in [4.69, 9.17) is 15.2 Å². The number of benzene rings is 1. The van der Waals surface area contributed by atoms with E-state index in [1.54, 1.807) is 19.2 Å². The molecular weight excluding hydrogens is 292 g/mol. The molecule has 7 heteroatoms. The quantitative estimate of drug-likeness (QED) is 0.783. The molecule has 0 heterocycles. The van der Waals surface area contributed by atoms with Crippen molar-refractivity contribution in [2.45, 2.75) is 36.3 Å². The van der Waals surface area contributed by atoms with Crippen LogP contribution in [0.15, 0.2) is 23.1 Å². The maximum Gasteiger partial charge on any atom is 0.240 e. The van der Waals surface area contributed by atoms with E-state index in [9.17, 15) is 8.42 Å². The molecule has 0 aromatic heterocycles. The molecular formula is C14H22N2O4S. The van der Waals surface area contributed by atoms with Gasteiger partial charge in [-0.2, -0.15) is 0 Å². The van der Waals surface area contributed by atoms with Gasteiger partial charge >= 0.3 is 0 Å². The molecule has 0 aliphatic heterocycles. The fraction of sp³-hybridized carbons (Fsp3) is 0.571. The summed E-state index contributed by atoms with van der Waals surface area (Å²) < 4.78 is 37.9. The van der Waals surface area contributed by atoms with Gasteiger partial charge in [0.15, 0.2) is 0 Å². The molecule has 0 atom stereocenters. The summed E-state index contributed by atoms with van der Waals surface area (Å²) in [6, 6.07) is 4.67. The smallest absolute Gasteiger partial charge is 0.240 e. The van der Waals surface area contributed by atoms with Crippen molar-refractivity contribution in [2.24, 2.45) is 5.73 Å². The minimum absolute atomic E-state index is 0.189. The highest BCUT2D eigenvalue weighted by atomic mass is 32.2. The van der Waals surface area contributed by atoms with Gasteiger partial charge in [-0.15, -0.1) is 0 Å². The molecule has 0 saturated heterocycles. The predicted molar refractivity (Wildman–Crippen MR) is 79.7 cm³/mol. The van der Waals surface area contributed by atoms with Crippen LogP contribution in [-0.2, 0) is 21.3 Å². The first kappa shape index (κ1) is 16.2. The van der Waals surface area contributed by atoms with Crippen molar-refractivity contribution < 1.29 is 17.9 Å². The number of nitrogens with one attached hydrogen (secondary N) is 1. The van der Waals surface area contributed by atoms with Gasteiger partial charge in [-0.3, -0.25) is 0 Å². The highest BCUT2D eigenvalue weighted by molar-refractivity contribution is 7.89. The minimum Gasteiger partial charge on any atom is -0.496 e. The van der Waals surface area contributed by atoms with Gasteiger partial charge in [-0.25, -0.2) is 13.1 Å². The third kappa shape index (κ3) is 3.37. The Morgan fingerprint density at radius 2 is 2.05 bits per heavy atom. The highest BCUT2D eigenvalue weighted by Crippen LogP contribution is 2.34. The lowest BCUT2D eigenvalue weighted by Gasteiger charge is -2.40. The summed E-state index contributed by atoms with van der Waals surface area (Å²) >= 11 is 0. The zero-order chi connectivity index (χ0) is 15.5. The summed E-state index contributed by atoms with van der Waals surface area (Å²) in [6.07, 6.45) is 2.82. The average Bonchev–Trinajstić information content (AvgIpc) is 2.45. The molecule has 1 fully saturated rings. The van der Waals surface area contributed by atoms with E-state index >= 15 is 0 Å². The van der Waals surface area contributed by atoms with Crippen LogP contribution in [-0.4, -0.2) is 34.8 Å². The lowest BCUT2D eigenvalue weighted by Crippen LogP contribution is -2.49. The predicted octanol–water partition coefficient (Wildman–Crippen LogP) is 1.00. The highest BCUT2D eigenvalue weighted by Gasteiger charge is 2.38. The number of nitrogens with two attached hydrogens (primary N) is 1. The number of rotatable bonds is 7. The Bertz CT molecular complexity index is 591. The number of sulfonamides is 1. The molecule has 21 heavy (non-hydrogen) atoms. The maximum absolute atomic E-state index is 12.4. The Hall–Kier alpha value is -1.15. The van der Waals surface area contributed by atoms with Crippen molar-refractivity contribution >= 4 is 10.0 Å². The van der Waals surface area contributed by atoms with Crippen LogP contribution < -0.4 is 15.2 Å². The third-order valence-electron chi connectivity index (χ3n) is 4.06. The Morgan fingerprint density at radius 3 is 2.52 bits per heavy atom. The molecule has 0 unspecified atom stereocenters. The van der Waals surface area contributed by atoms with Crippen LogP contribution in [0.2, 0.25) is 0 Å². The normalized spacial score (nSPS) is 17.3. The fourth-order valence-electron chi connectivity index (χ4n) is 2.42. The maximum atomic E-state index is 12.4. The van der Waals surface area contributed by atoms with Crippen molar-refractivity contribution in [1.82, 2.24) is 4.72 Å². The number of ether oxygens (including phenoxy) is 2. The van der Waals surface area contributed by atoms with Crippen molar-refractivity contribution in [3.05, 3.63) is 23.8 Å². The molecule has 0 radical (unpaired) electrons. The fourth-order valence-corrected chi connectivity index (χ4v) is 3.58. The summed E-state index contributed by atoms with van der Waals surface area (Å²) in [5, 5.41) is 0. The van der Waals surface area contributed by atoms with E-state index in [1.807, 2.05) is 0 Å². The largest absolute Gasteiger partial charge is 0.496 e. The average molecular weight is 314 g/mol. The molecule has 2 rings (SSSR count). The first-order valence-corrected chi connectivity index (χ1v) is 8.36. The lowest BCUT2D eigenvalue weighted by atomic mass is 9.80. The SMILES string of the molecule is COc1ccc(S(=O)(=O)NCC2(OC)CCC2)cc1CN. The first-order valence-electron chi connectivity index (χ1n) is 6.88. The van der Waals surface area contributed by atoms with Crippen LogP contribution in [0.5, 0.6) is 5.75 Å². The van der Waals surface area contributed by atoms with Crippen LogP contribution in [0, 0.1) is 0 Å². The van der Waals surface area contributed by atoms with E-state index in [2.05, 4.69) is 4.72 Å². The van der Waals surface area contributed by atoms with E-state index < -0.39 is 10.0 Å². The van der Waals surface area contributed by atoms with Gasteiger partial charge in [0.1, 0.15) is 5.75 Å². The Morgan fingerprint density at radius 1 is 1.33 bits per heavy atom.